The second kappa shape index (κ2) is 6.60. The van der Waals surface area contributed by atoms with Crippen molar-refractivity contribution in [2.75, 3.05) is 0 Å². The molecule has 2 aromatic carbocycles. The first-order chi connectivity index (χ1) is 10.7. The Labute approximate surface area is 140 Å². The molecule has 0 radical (unpaired) electrons. The Bertz CT molecular complexity index is 723. The van der Waals surface area contributed by atoms with E-state index >= 15 is 0 Å². The van der Waals surface area contributed by atoms with Gasteiger partial charge < -0.3 is 4.43 Å². The molecule has 0 N–H and O–H groups in total. The predicted molar refractivity (Wildman–Crippen MR) is 98.2 cm³/mol. The lowest BCUT2D eigenvalue weighted by atomic mass is 10.0. The molecule has 3 heteroatoms. The van der Waals surface area contributed by atoms with Crippen LogP contribution in [0.25, 0.3) is 0 Å². The summed E-state index contributed by atoms with van der Waals surface area (Å²) in [5.41, 5.74) is 2.96. The minimum absolute atomic E-state index is 0.177. The van der Waals surface area contributed by atoms with Crippen LogP contribution < -0.4 is 4.43 Å². The van der Waals surface area contributed by atoms with Crippen molar-refractivity contribution in [2.24, 2.45) is 0 Å². The highest BCUT2D eigenvalue weighted by atomic mass is 28.4. The third-order valence-corrected chi connectivity index (χ3v) is 8.97. The van der Waals surface area contributed by atoms with Crippen LogP contribution in [0.5, 0.6) is 5.75 Å². The second-order valence-corrected chi connectivity index (χ2v) is 12.2. The molecule has 2 rings (SSSR count). The zero-order chi connectivity index (χ0) is 17.1. The lowest BCUT2D eigenvalue weighted by Gasteiger charge is -2.36. The molecule has 0 saturated heterocycles. The summed E-state index contributed by atoms with van der Waals surface area (Å²) in [6.07, 6.45) is 0.748. The van der Waals surface area contributed by atoms with Crippen molar-refractivity contribution in [3.8, 4) is 11.8 Å². The maximum atomic E-state index is 9.22. The molecule has 0 spiro atoms. The first kappa shape index (κ1) is 17.3. The van der Waals surface area contributed by atoms with Crippen LogP contribution >= 0.6 is 0 Å². The third-order valence-electron chi connectivity index (χ3n) is 4.61. The molecule has 0 aliphatic heterocycles. The monoisotopic (exact) mass is 323 g/mol. The van der Waals surface area contributed by atoms with E-state index in [2.05, 4.69) is 52.1 Å². The zero-order valence-electron chi connectivity index (χ0n) is 14.7. The van der Waals surface area contributed by atoms with Crippen molar-refractivity contribution in [2.45, 2.75) is 45.3 Å². The molecule has 0 aromatic heterocycles. The number of hydrogen-bond acceptors (Lipinski definition) is 2. The largest absolute Gasteiger partial charge is 0.543 e. The Hall–Kier alpha value is -2.05. The maximum absolute atomic E-state index is 9.22. The highest BCUT2D eigenvalue weighted by Crippen LogP contribution is 2.37. The van der Waals surface area contributed by atoms with Crippen molar-refractivity contribution in [1.82, 2.24) is 0 Å². The molecule has 0 aliphatic carbocycles. The van der Waals surface area contributed by atoms with E-state index in [0.717, 1.165) is 23.3 Å². The maximum Gasteiger partial charge on any atom is 0.250 e. The van der Waals surface area contributed by atoms with Gasteiger partial charge in [-0.1, -0.05) is 51.1 Å². The minimum Gasteiger partial charge on any atom is -0.543 e. The first-order valence-electron chi connectivity index (χ1n) is 7.99. The van der Waals surface area contributed by atoms with Crippen LogP contribution in [-0.4, -0.2) is 8.32 Å². The van der Waals surface area contributed by atoms with Crippen LogP contribution in [0, 0.1) is 11.3 Å². The van der Waals surface area contributed by atoms with E-state index in [9.17, 15) is 5.26 Å². The van der Waals surface area contributed by atoms with Gasteiger partial charge in [-0.3, -0.25) is 0 Å². The third kappa shape index (κ3) is 4.24. The van der Waals surface area contributed by atoms with Crippen molar-refractivity contribution < 1.29 is 4.43 Å². The number of hydrogen-bond donors (Lipinski definition) is 0. The molecule has 0 aliphatic rings. The van der Waals surface area contributed by atoms with E-state index in [0.29, 0.717) is 0 Å². The molecule has 120 valence electrons. The van der Waals surface area contributed by atoms with Gasteiger partial charge in [0.05, 0.1) is 11.6 Å². The predicted octanol–water partition coefficient (Wildman–Crippen LogP) is 5.53. The van der Waals surface area contributed by atoms with Gasteiger partial charge in [-0.25, -0.2) is 0 Å². The fourth-order valence-corrected chi connectivity index (χ4v) is 3.19. The molecule has 23 heavy (non-hydrogen) atoms. The molecular formula is C20H25NOSi. The van der Waals surface area contributed by atoms with Crippen molar-refractivity contribution >= 4 is 8.32 Å². The van der Waals surface area contributed by atoms with Gasteiger partial charge >= 0.3 is 0 Å². The summed E-state index contributed by atoms with van der Waals surface area (Å²) >= 11 is 0. The fraction of sp³-hybridized carbons (Fsp3) is 0.350. The number of rotatable bonds is 4. The van der Waals surface area contributed by atoms with Gasteiger partial charge in [-0.2, -0.15) is 5.26 Å². The lowest BCUT2D eigenvalue weighted by molar-refractivity contribution is 0.492. The Balaban J connectivity index is 2.23. The molecule has 0 heterocycles. The van der Waals surface area contributed by atoms with E-state index in [1.807, 2.05) is 36.4 Å². The van der Waals surface area contributed by atoms with Gasteiger partial charge in [-0.15, -0.1) is 0 Å². The van der Waals surface area contributed by atoms with Gasteiger partial charge in [0.15, 0.2) is 0 Å². The molecule has 0 unspecified atom stereocenters. The lowest BCUT2D eigenvalue weighted by Crippen LogP contribution is -2.43. The highest BCUT2D eigenvalue weighted by molar-refractivity contribution is 6.74. The standard InChI is InChI=1S/C20H25NOSi/c1-20(2,3)23(4,5)22-19-12-8-9-16(14-19)13-17-10-6-7-11-18(17)15-21/h6-12,14H,13H2,1-5H3. The topological polar surface area (TPSA) is 33.0 Å². The molecule has 2 nitrogen and oxygen atoms in total. The summed E-state index contributed by atoms with van der Waals surface area (Å²) in [7, 11) is -1.83. The number of nitrogens with zero attached hydrogens (tertiary/aromatic N) is 1. The fourth-order valence-electron chi connectivity index (χ4n) is 2.17. The van der Waals surface area contributed by atoms with E-state index in [1.165, 1.54) is 5.56 Å². The molecule has 2 aromatic rings. The molecule has 0 atom stereocenters. The Kier molecular flexibility index (Phi) is 4.96. The van der Waals surface area contributed by atoms with E-state index in [-0.39, 0.29) is 5.04 Å². The molecule has 0 amide bonds. The van der Waals surface area contributed by atoms with Crippen LogP contribution in [0.4, 0.5) is 0 Å². The summed E-state index contributed by atoms with van der Waals surface area (Å²) in [5.74, 6) is 0.934. The summed E-state index contributed by atoms with van der Waals surface area (Å²) < 4.78 is 6.38. The van der Waals surface area contributed by atoms with Crippen molar-refractivity contribution in [1.29, 1.82) is 5.26 Å². The normalized spacial score (nSPS) is 11.8. The Morgan fingerprint density at radius 3 is 2.39 bits per heavy atom. The van der Waals surface area contributed by atoms with Crippen LogP contribution in [0.1, 0.15) is 37.5 Å². The molecule has 0 fully saturated rings. The van der Waals surface area contributed by atoms with Gasteiger partial charge in [0.2, 0.25) is 8.32 Å². The van der Waals surface area contributed by atoms with Gasteiger partial charge in [0.25, 0.3) is 0 Å². The average molecular weight is 324 g/mol. The van der Waals surface area contributed by atoms with Crippen molar-refractivity contribution in [3.05, 3.63) is 65.2 Å². The molecule has 0 saturated carbocycles. The summed E-state index contributed by atoms with van der Waals surface area (Å²) in [6, 6.07) is 18.3. The second-order valence-electron chi connectivity index (χ2n) is 7.46. The Morgan fingerprint density at radius 2 is 1.74 bits per heavy atom. The Morgan fingerprint density at radius 1 is 1.04 bits per heavy atom. The first-order valence-corrected chi connectivity index (χ1v) is 10.9. The van der Waals surface area contributed by atoms with Crippen LogP contribution in [0.2, 0.25) is 18.1 Å². The zero-order valence-corrected chi connectivity index (χ0v) is 15.7. The minimum atomic E-state index is -1.83. The van der Waals surface area contributed by atoms with E-state index in [4.69, 9.17) is 4.43 Å². The summed E-state index contributed by atoms with van der Waals surface area (Å²) in [4.78, 5) is 0. The van der Waals surface area contributed by atoms with E-state index < -0.39 is 8.32 Å². The molecule has 0 bridgehead atoms. The summed E-state index contributed by atoms with van der Waals surface area (Å²) in [5, 5.41) is 9.40. The van der Waals surface area contributed by atoms with Gasteiger partial charge in [0, 0.05) is 0 Å². The quantitative estimate of drug-likeness (QED) is 0.693. The van der Waals surface area contributed by atoms with Crippen LogP contribution in [0.15, 0.2) is 48.5 Å². The smallest absolute Gasteiger partial charge is 0.250 e. The van der Waals surface area contributed by atoms with Gasteiger partial charge in [-0.05, 0) is 53.9 Å². The SMILES string of the molecule is CC(C)(C)[Si](C)(C)Oc1cccc(Cc2ccccc2C#N)c1. The molecular weight excluding hydrogens is 298 g/mol. The summed E-state index contributed by atoms with van der Waals surface area (Å²) in [6.45, 7) is 11.2. The van der Waals surface area contributed by atoms with Crippen LogP contribution in [0.3, 0.4) is 0 Å². The van der Waals surface area contributed by atoms with Crippen molar-refractivity contribution in [3.63, 3.8) is 0 Å². The highest BCUT2D eigenvalue weighted by Gasteiger charge is 2.38. The number of nitriles is 1. The van der Waals surface area contributed by atoms with E-state index in [1.54, 1.807) is 0 Å². The number of benzene rings is 2. The van der Waals surface area contributed by atoms with Gasteiger partial charge in [0.1, 0.15) is 5.75 Å². The van der Waals surface area contributed by atoms with Crippen LogP contribution in [-0.2, 0) is 6.42 Å². The average Bonchev–Trinajstić information content (AvgIpc) is 2.46.